The van der Waals surface area contributed by atoms with Gasteiger partial charge in [-0.3, -0.25) is 4.79 Å². The first-order valence-electron chi connectivity index (χ1n) is 9.54. The van der Waals surface area contributed by atoms with Crippen molar-refractivity contribution >= 4 is 17.5 Å². The highest BCUT2D eigenvalue weighted by Gasteiger charge is 2.38. The molecule has 2 aromatic rings. The van der Waals surface area contributed by atoms with Crippen LogP contribution in [-0.4, -0.2) is 40.1 Å². The third-order valence-corrected chi connectivity index (χ3v) is 6.06. The zero-order valence-electron chi connectivity index (χ0n) is 15.8. The largest absolute Gasteiger partial charge is 0.340 e. The molecule has 1 saturated carbocycles. The quantitative estimate of drug-likeness (QED) is 0.826. The normalized spacial score (nSPS) is 22.4. The molecule has 3 rings (SSSR count). The van der Waals surface area contributed by atoms with E-state index in [1.54, 1.807) is 13.1 Å². The van der Waals surface area contributed by atoms with Crippen molar-refractivity contribution in [3.05, 3.63) is 58.9 Å². The van der Waals surface area contributed by atoms with Crippen molar-refractivity contribution in [2.75, 3.05) is 13.1 Å². The number of carbonyl (C=O) groups is 1. The molecule has 1 aromatic heterocycles. The lowest BCUT2D eigenvalue weighted by atomic mass is 9.68. The maximum absolute atomic E-state index is 12.3. The van der Waals surface area contributed by atoms with Crippen molar-refractivity contribution in [3.63, 3.8) is 0 Å². The van der Waals surface area contributed by atoms with Crippen LogP contribution in [0.1, 0.15) is 43.9 Å². The second-order valence-electron chi connectivity index (χ2n) is 7.40. The van der Waals surface area contributed by atoms with Gasteiger partial charge in [-0.25, -0.2) is 0 Å². The van der Waals surface area contributed by atoms with E-state index in [1.165, 1.54) is 5.56 Å². The highest BCUT2D eigenvalue weighted by atomic mass is 35.5. The van der Waals surface area contributed by atoms with Crippen molar-refractivity contribution in [2.24, 2.45) is 5.73 Å². The van der Waals surface area contributed by atoms with Crippen molar-refractivity contribution in [3.8, 4) is 0 Å². The molecule has 0 atom stereocenters. The summed E-state index contributed by atoms with van der Waals surface area (Å²) in [5, 5.41) is 8.78. The molecule has 6 heteroatoms. The molecule has 1 heterocycles. The SMILES string of the molecule is CC(=O)N(CCc1cccnn1)C1CCC(CN)(c2cccc(Cl)c2)CC1. The van der Waals surface area contributed by atoms with E-state index in [0.29, 0.717) is 13.1 Å². The van der Waals surface area contributed by atoms with Gasteiger partial charge in [0.05, 0.1) is 5.69 Å². The lowest BCUT2D eigenvalue weighted by molar-refractivity contribution is -0.132. The molecular formula is C21H27ClN4O. The summed E-state index contributed by atoms with van der Waals surface area (Å²) in [6, 6.07) is 12.1. The molecule has 5 nitrogen and oxygen atoms in total. The van der Waals surface area contributed by atoms with Crippen molar-refractivity contribution in [1.82, 2.24) is 15.1 Å². The van der Waals surface area contributed by atoms with Crippen LogP contribution >= 0.6 is 11.6 Å². The highest BCUT2D eigenvalue weighted by Crippen LogP contribution is 2.40. The summed E-state index contributed by atoms with van der Waals surface area (Å²) in [7, 11) is 0. The molecule has 1 amide bonds. The number of carbonyl (C=O) groups excluding carboxylic acids is 1. The van der Waals surface area contributed by atoms with Gasteiger partial charge in [0.25, 0.3) is 0 Å². The average molecular weight is 387 g/mol. The van der Waals surface area contributed by atoms with Crippen LogP contribution in [0.5, 0.6) is 0 Å². The predicted molar refractivity (Wildman–Crippen MR) is 108 cm³/mol. The van der Waals surface area contributed by atoms with Crippen LogP contribution in [0.2, 0.25) is 5.02 Å². The Morgan fingerprint density at radius 2 is 2.07 bits per heavy atom. The number of hydrogen-bond donors (Lipinski definition) is 1. The Kier molecular flexibility index (Phi) is 6.45. The number of rotatable bonds is 6. The van der Waals surface area contributed by atoms with E-state index in [0.717, 1.165) is 42.8 Å². The molecule has 0 saturated heterocycles. The van der Waals surface area contributed by atoms with Crippen LogP contribution < -0.4 is 5.73 Å². The Morgan fingerprint density at radius 1 is 1.30 bits per heavy atom. The minimum atomic E-state index is -0.0469. The Balaban J connectivity index is 1.67. The van der Waals surface area contributed by atoms with E-state index in [4.69, 9.17) is 17.3 Å². The highest BCUT2D eigenvalue weighted by molar-refractivity contribution is 6.30. The zero-order chi connectivity index (χ0) is 19.3. The topological polar surface area (TPSA) is 72.1 Å². The summed E-state index contributed by atoms with van der Waals surface area (Å²) in [5.41, 5.74) is 8.28. The van der Waals surface area contributed by atoms with Gasteiger partial charge in [0.1, 0.15) is 0 Å². The number of nitrogens with two attached hydrogens (primary N) is 1. The van der Waals surface area contributed by atoms with Crippen molar-refractivity contribution in [1.29, 1.82) is 0 Å². The van der Waals surface area contributed by atoms with Gasteiger partial charge < -0.3 is 10.6 Å². The van der Waals surface area contributed by atoms with Crippen LogP contribution in [0.15, 0.2) is 42.6 Å². The molecular weight excluding hydrogens is 360 g/mol. The van der Waals surface area contributed by atoms with E-state index in [2.05, 4.69) is 16.3 Å². The smallest absolute Gasteiger partial charge is 0.219 e. The first-order chi connectivity index (χ1) is 13.0. The first-order valence-corrected chi connectivity index (χ1v) is 9.92. The molecule has 0 aliphatic heterocycles. The molecule has 1 fully saturated rings. The Bertz CT molecular complexity index is 760. The average Bonchev–Trinajstić information content (AvgIpc) is 2.69. The standard InChI is InChI=1S/C21H27ClN4O/c1-16(27)26(13-9-19-6-3-12-24-25-19)20-7-10-21(15-23,11-8-20)17-4-2-5-18(22)14-17/h2-6,12,14,20H,7-11,13,15,23H2,1H3. The summed E-state index contributed by atoms with van der Waals surface area (Å²) in [6.45, 7) is 2.92. The first kappa shape index (κ1) is 19.8. The van der Waals surface area contributed by atoms with Crippen LogP contribution in [-0.2, 0) is 16.6 Å². The summed E-state index contributed by atoms with van der Waals surface area (Å²) in [5.74, 6) is 0.117. The summed E-state index contributed by atoms with van der Waals surface area (Å²) < 4.78 is 0. The van der Waals surface area contributed by atoms with Gasteiger partial charge in [-0.15, -0.1) is 0 Å². The van der Waals surface area contributed by atoms with Crippen molar-refractivity contribution in [2.45, 2.75) is 50.5 Å². The van der Waals surface area contributed by atoms with E-state index >= 15 is 0 Å². The van der Waals surface area contributed by atoms with E-state index in [9.17, 15) is 4.79 Å². The molecule has 0 radical (unpaired) electrons. The van der Waals surface area contributed by atoms with Gasteiger partial charge in [-0.1, -0.05) is 23.7 Å². The van der Waals surface area contributed by atoms with E-state index in [-0.39, 0.29) is 17.4 Å². The maximum atomic E-state index is 12.3. The van der Waals surface area contributed by atoms with Gasteiger partial charge in [-0.05, 0) is 55.5 Å². The second kappa shape index (κ2) is 8.81. The molecule has 27 heavy (non-hydrogen) atoms. The summed E-state index contributed by atoms with van der Waals surface area (Å²) in [6.07, 6.45) is 6.20. The van der Waals surface area contributed by atoms with Gasteiger partial charge in [0, 0.05) is 49.1 Å². The Morgan fingerprint density at radius 3 is 2.67 bits per heavy atom. The number of aromatic nitrogens is 2. The molecule has 1 aliphatic rings. The van der Waals surface area contributed by atoms with Crippen LogP contribution in [0.3, 0.4) is 0 Å². The fraction of sp³-hybridized carbons (Fsp3) is 0.476. The van der Waals surface area contributed by atoms with Crippen LogP contribution in [0.25, 0.3) is 0 Å². The third-order valence-electron chi connectivity index (χ3n) is 5.82. The van der Waals surface area contributed by atoms with Gasteiger partial charge in [0.2, 0.25) is 5.91 Å². The predicted octanol–water partition coefficient (Wildman–Crippen LogP) is 3.36. The molecule has 144 valence electrons. The monoisotopic (exact) mass is 386 g/mol. The Labute approximate surface area is 165 Å². The lowest BCUT2D eigenvalue weighted by Crippen LogP contribution is -2.47. The Hall–Kier alpha value is -1.98. The maximum Gasteiger partial charge on any atom is 0.219 e. The number of nitrogens with zero attached hydrogens (tertiary/aromatic N) is 3. The summed E-state index contributed by atoms with van der Waals surface area (Å²) in [4.78, 5) is 14.3. The van der Waals surface area contributed by atoms with E-state index in [1.807, 2.05) is 35.2 Å². The van der Waals surface area contributed by atoms with E-state index < -0.39 is 0 Å². The number of benzene rings is 1. The molecule has 2 N–H and O–H groups in total. The number of amides is 1. The third kappa shape index (κ3) is 4.66. The minimum absolute atomic E-state index is 0.0469. The van der Waals surface area contributed by atoms with Crippen LogP contribution in [0.4, 0.5) is 0 Å². The lowest BCUT2D eigenvalue weighted by Gasteiger charge is -2.43. The molecule has 0 spiro atoms. The number of halogens is 1. The van der Waals surface area contributed by atoms with Gasteiger partial charge >= 0.3 is 0 Å². The van der Waals surface area contributed by atoms with Crippen molar-refractivity contribution < 1.29 is 4.79 Å². The summed E-state index contributed by atoms with van der Waals surface area (Å²) >= 11 is 6.20. The van der Waals surface area contributed by atoms with Crippen LogP contribution in [0, 0.1) is 0 Å². The van der Waals surface area contributed by atoms with Gasteiger partial charge in [-0.2, -0.15) is 10.2 Å². The molecule has 0 bridgehead atoms. The second-order valence-corrected chi connectivity index (χ2v) is 7.84. The molecule has 1 aliphatic carbocycles. The molecule has 1 aromatic carbocycles. The van der Waals surface area contributed by atoms with Gasteiger partial charge in [0.15, 0.2) is 0 Å². The fourth-order valence-corrected chi connectivity index (χ4v) is 4.39. The zero-order valence-corrected chi connectivity index (χ0v) is 16.5. The fourth-order valence-electron chi connectivity index (χ4n) is 4.19. The number of hydrogen-bond acceptors (Lipinski definition) is 4. The molecule has 0 unspecified atom stereocenters. The minimum Gasteiger partial charge on any atom is -0.340 e.